The normalized spacial score (nSPS) is 14.5. The SMILES string of the molecule is CCCCN.CN(C(=O)c1ccc(F)c([N+](=O)[O-])c1)C1CCCCC1.CN(C(=O)c1ccc(NCCCO)c(N)c1)C1CCCCC1.CN(C(=O)c1ccc(NCCCO)c([N+](=O)[O-])c1)C1CCCCC1.CN(C(=O)c1ccc2c(c1)nc(N)n2CCCO)C1CCCCC1.CN(C(=O)c1ccc2c(c1)nc(NC(=O)c1cccs1)n2CCCOC(=O)c1cccs1)C1CCCCC1.O=C(Cl)c1cccs1. The number of thiophene rings is 3. The third-order valence-electron chi connectivity index (χ3n) is 25.9. The molecule has 5 aliphatic carbocycles. The van der Waals surface area contributed by atoms with Crippen LogP contribution in [0.2, 0.25) is 0 Å². The zero-order chi connectivity index (χ0) is 102. The molecule has 10 aromatic rings. The van der Waals surface area contributed by atoms with Crippen LogP contribution in [0.25, 0.3) is 22.1 Å². The van der Waals surface area contributed by atoms with Gasteiger partial charge in [-0.2, -0.15) is 4.39 Å². The molecular weight excluding hydrogens is 1880 g/mol. The summed E-state index contributed by atoms with van der Waals surface area (Å²) in [5.74, 6) is -1.08. The van der Waals surface area contributed by atoms with Crippen molar-refractivity contribution >= 4 is 155 Å². The minimum absolute atomic E-state index is 0.0157. The van der Waals surface area contributed by atoms with Crippen LogP contribution in [-0.2, 0) is 17.8 Å². The number of nitrogens with zero attached hydrogens (tertiary/aromatic N) is 11. The van der Waals surface area contributed by atoms with E-state index < -0.39 is 21.4 Å². The number of anilines is 5. The highest BCUT2D eigenvalue weighted by atomic mass is 35.5. The van der Waals surface area contributed by atoms with Gasteiger partial charge in [-0.15, -0.1) is 34.0 Å². The summed E-state index contributed by atoms with van der Waals surface area (Å²) in [5.41, 5.74) is 23.5. The minimum Gasteiger partial charge on any atom is -0.461 e. The van der Waals surface area contributed by atoms with E-state index in [4.69, 9.17) is 53.8 Å². The van der Waals surface area contributed by atoms with Gasteiger partial charge in [0.1, 0.15) is 10.6 Å². The average Bonchev–Trinajstić information content (AvgIpc) is 1.65. The summed E-state index contributed by atoms with van der Waals surface area (Å²) in [6, 6.07) is 36.2. The molecule has 5 aromatic heterocycles. The maximum Gasteiger partial charge on any atom is 0.348 e. The van der Waals surface area contributed by atoms with E-state index in [0.717, 1.165) is 144 Å². The van der Waals surface area contributed by atoms with Gasteiger partial charge in [0.2, 0.25) is 17.7 Å². The fraction of sp³-hybridized carbons (Fsp3) is 0.495. The second-order valence-electron chi connectivity index (χ2n) is 35.7. The van der Waals surface area contributed by atoms with Gasteiger partial charge in [-0.25, -0.2) is 14.8 Å². The molecule has 0 bridgehead atoms. The lowest BCUT2D eigenvalue weighted by Crippen LogP contribution is -2.38. The third-order valence-corrected chi connectivity index (χ3v) is 28.8. The summed E-state index contributed by atoms with van der Waals surface area (Å²) < 4.78 is 22.5. The number of carbonyl (C=O) groups excluding carboxylic acids is 8. The molecule has 5 fully saturated rings. The molecule has 141 heavy (non-hydrogen) atoms. The number of rotatable bonds is 33. The van der Waals surface area contributed by atoms with E-state index >= 15 is 0 Å². The number of nitrogens with one attached hydrogen (secondary N) is 3. The Kier molecular flexibility index (Phi) is 47.3. The lowest BCUT2D eigenvalue weighted by molar-refractivity contribution is -0.387. The lowest BCUT2D eigenvalue weighted by atomic mass is 9.94. The zero-order valence-corrected chi connectivity index (χ0v) is 85.0. The van der Waals surface area contributed by atoms with Gasteiger partial charge in [0.05, 0.1) is 59.6 Å². The highest BCUT2D eigenvalue weighted by Gasteiger charge is 2.32. The van der Waals surface area contributed by atoms with Gasteiger partial charge in [-0.1, -0.05) is 128 Å². The fourth-order valence-corrected chi connectivity index (χ4v) is 19.7. The van der Waals surface area contributed by atoms with Crippen LogP contribution in [-0.4, -0.2) is 227 Å². The molecule has 0 unspecified atom stereocenters. The van der Waals surface area contributed by atoms with Gasteiger partial charge < -0.3 is 81.5 Å². The van der Waals surface area contributed by atoms with Crippen molar-refractivity contribution in [3.05, 3.63) is 212 Å². The number of aryl methyl sites for hydroxylation is 2. The number of amides is 6. The standard InChI is InChI=1S/C28H30N4O4S2.C18H26N4O2.C17H25N3O4.C17H27N3O2.C14H17FN2O3.C5H3ClOS.C4H11N/c1-31(20-8-3-2-4-9-20)26(34)19-12-13-22-21(18-19)29-28(30-25(33)23-10-5-16-37-23)32(22)14-7-15-36-27(35)24-11-6-17-38-24;1-21(14-6-3-2-4-7-14)17(24)13-8-9-16-15(12-13)20-18(19)22(16)10-5-11-23;1-19(14-6-3-2-4-7-14)17(22)13-8-9-15(18-10-5-11-21)16(12-13)20(23)24;1-20(14-6-3-2-4-7-14)17(22)13-8-9-16(15(18)12-13)19-10-5-11-21;1-16(11-5-3-2-4-6-11)14(18)10-7-8-12(15)13(9-10)17(19)20;6-5(7)4-2-1-3-8-4;1-2-3-4-5/h5-6,10-13,16-18,20H,2-4,7-9,14-15H2,1H3,(H,29,30,33);8-9,12,14,23H,2-7,10-11H2,1H3,(H2,19,20);8-9,12,14,18,21H,2-7,10-11H2,1H3;8-9,12,14,19,21H,2-7,10-11,18H2,1H3;7-9,11H,2-6H2,1H3;1-3H;2-5H2,1H3. The van der Waals surface area contributed by atoms with Crippen molar-refractivity contribution in [1.29, 1.82) is 0 Å². The van der Waals surface area contributed by atoms with Gasteiger partial charge >= 0.3 is 11.7 Å². The molecule has 5 saturated carbocycles. The van der Waals surface area contributed by atoms with Crippen LogP contribution in [0.15, 0.2) is 144 Å². The van der Waals surface area contributed by atoms with Crippen LogP contribution in [0.3, 0.4) is 0 Å². The first-order valence-corrected chi connectivity index (χ1v) is 52.1. The van der Waals surface area contributed by atoms with Gasteiger partial charge in [-0.3, -0.25) is 59.1 Å². The summed E-state index contributed by atoms with van der Waals surface area (Å²) in [7, 11) is 9.15. The quantitative estimate of drug-likeness (QED) is 0.00460. The van der Waals surface area contributed by atoms with E-state index in [1.807, 2.05) is 116 Å². The number of nitrogens with two attached hydrogens (primary N) is 3. The molecule has 0 saturated heterocycles. The number of ether oxygens (including phenoxy) is 1. The molecule has 5 heterocycles. The van der Waals surface area contributed by atoms with Gasteiger partial charge in [0.25, 0.3) is 46.4 Å². The Morgan fingerprint density at radius 2 is 0.837 bits per heavy atom. The van der Waals surface area contributed by atoms with Crippen LogP contribution < -0.4 is 33.2 Å². The van der Waals surface area contributed by atoms with Gasteiger partial charge in [-0.05, 0) is 228 Å². The number of hydrogen-bond acceptors (Lipinski definition) is 26. The number of aromatic nitrogens is 4. The first kappa shape index (κ1) is 113. The summed E-state index contributed by atoms with van der Waals surface area (Å²) in [5, 5.41) is 62.7. The van der Waals surface area contributed by atoms with Crippen molar-refractivity contribution in [2.24, 2.45) is 5.73 Å². The maximum atomic E-state index is 13.3. The number of imidazole rings is 2. The van der Waals surface area contributed by atoms with Crippen molar-refractivity contribution in [2.75, 3.05) is 109 Å². The smallest absolute Gasteiger partial charge is 0.348 e. The molecule has 0 spiro atoms. The number of unbranched alkanes of at least 4 members (excludes halogenated alkanes) is 1. The number of nitro groups is 2. The molecule has 764 valence electrons. The zero-order valence-electron chi connectivity index (χ0n) is 81.8. The van der Waals surface area contributed by atoms with Crippen LogP contribution in [0, 0.1) is 26.0 Å². The topological polar surface area (TPSA) is 459 Å². The Hall–Kier alpha value is -11.8. The van der Waals surface area contributed by atoms with E-state index in [1.165, 1.54) is 117 Å². The van der Waals surface area contributed by atoms with Crippen molar-refractivity contribution in [2.45, 2.75) is 249 Å². The number of nitro benzene ring substituents is 2. The van der Waals surface area contributed by atoms with Gasteiger partial charge in [0.15, 0.2) is 0 Å². The predicted octanol–water partition coefficient (Wildman–Crippen LogP) is 19.7. The average molecular weight is 2020 g/mol. The summed E-state index contributed by atoms with van der Waals surface area (Å²) in [6.07, 6.45) is 32.8. The monoisotopic (exact) mass is 2020 g/mol. The molecule has 0 aliphatic heterocycles. The Labute approximate surface area is 841 Å². The first-order valence-electron chi connectivity index (χ1n) is 49.1. The van der Waals surface area contributed by atoms with Crippen LogP contribution >= 0.6 is 45.6 Å². The maximum absolute atomic E-state index is 13.3. The number of hydrogen-bond donors (Lipinski definition) is 9. The second kappa shape index (κ2) is 59.2. The van der Waals surface area contributed by atoms with E-state index in [0.29, 0.717) is 130 Å². The number of carbonyl (C=O) groups is 8. The number of fused-ring (bicyclic) bond motifs is 2. The van der Waals surface area contributed by atoms with Crippen LogP contribution in [0.5, 0.6) is 0 Å². The molecule has 33 nitrogen and oxygen atoms in total. The largest absolute Gasteiger partial charge is 0.461 e. The Morgan fingerprint density at radius 3 is 1.22 bits per heavy atom. The number of benzene rings is 5. The molecule has 38 heteroatoms. The van der Waals surface area contributed by atoms with Gasteiger partial charge in [0, 0.05) is 151 Å². The number of esters is 1. The molecular formula is C103H139ClFN17O16S3. The Morgan fingerprint density at radius 1 is 0.468 bits per heavy atom. The number of aliphatic hydroxyl groups excluding tert-OH is 3. The highest BCUT2D eigenvalue weighted by Crippen LogP contribution is 2.34. The minimum atomic E-state index is -0.924. The summed E-state index contributed by atoms with van der Waals surface area (Å²) in [6.45, 7) is 5.68. The molecule has 0 radical (unpaired) electrons. The Bertz CT molecular complexity index is 5640. The van der Waals surface area contributed by atoms with Crippen molar-refractivity contribution in [3.8, 4) is 0 Å². The number of nitrogen functional groups attached to an aromatic ring is 2. The molecule has 12 N–H and O–H groups in total. The molecule has 5 aliphatic rings. The lowest BCUT2D eigenvalue weighted by Gasteiger charge is -2.31. The predicted molar refractivity (Wildman–Crippen MR) is 558 cm³/mol. The second-order valence-corrected chi connectivity index (χ2v) is 38.9. The van der Waals surface area contributed by atoms with E-state index in [-0.39, 0.29) is 102 Å². The molecule has 5 aromatic carbocycles. The number of aliphatic hydroxyl groups is 3. The van der Waals surface area contributed by atoms with Crippen LogP contribution in [0.1, 0.15) is 287 Å². The van der Waals surface area contributed by atoms with Crippen molar-refractivity contribution < 1.29 is 72.6 Å². The fourth-order valence-electron chi connectivity index (χ4n) is 17.7. The summed E-state index contributed by atoms with van der Waals surface area (Å²) in [4.78, 5) is 139. The third kappa shape index (κ3) is 33.9. The summed E-state index contributed by atoms with van der Waals surface area (Å²) >= 11 is 9.16. The highest BCUT2D eigenvalue weighted by molar-refractivity contribution is 7.14. The van der Waals surface area contributed by atoms with Crippen molar-refractivity contribution in [3.63, 3.8) is 0 Å². The molecule has 15 rings (SSSR count). The molecule has 6 amide bonds. The number of halogens is 2. The van der Waals surface area contributed by atoms with E-state index in [1.54, 1.807) is 72.4 Å². The van der Waals surface area contributed by atoms with Crippen molar-refractivity contribution in [1.82, 2.24) is 43.6 Å². The first-order chi connectivity index (χ1) is 68.0. The van der Waals surface area contributed by atoms with E-state index in [2.05, 4.69) is 27.9 Å². The van der Waals surface area contributed by atoms with E-state index in [9.17, 15) is 63.0 Å². The molecule has 0 atom stereocenters. The Balaban J connectivity index is 0.000000194. The van der Waals surface area contributed by atoms with Crippen LogP contribution in [0.4, 0.5) is 44.7 Å².